The monoisotopic (exact) mass is 216 g/mol. The first-order valence-electron chi connectivity index (χ1n) is 4.73. The van der Waals surface area contributed by atoms with Crippen molar-refractivity contribution in [3.05, 3.63) is 71.8 Å². The van der Waals surface area contributed by atoms with Crippen molar-refractivity contribution in [2.45, 2.75) is 0 Å². The number of benzene rings is 2. The number of hydrogen-bond acceptors (Lipinski definition) is 3. The van der Waals surface area contributed by atoms with Gasteiger partial charge in [0.05, 0.1) is 0 Å². The molecule has 0 saturated carbocycles. The van der Waals surface area contributed by atoms with Gasteiger partial charge >= 0.3 is 0 Å². The Morgan fingerprint density at radius 3 is 1.31 bits per heavy atom. The van der Waals surface area contributed by atoms with E-state index >= 15 is 0 Å². The van der Waals surface area contributed by atoms with Crippen LogP contribution in [0.15, 0.2) is 60.7 Å². The molecule has 0 aromatic heterocycles. The second-order valence-electron chi connectivity index (χ2n) is 3.06. The van der Waals surface area contributed by atoms with Crippen molar-refractivity contribution in [2.24, 2.45) is 0 Å². The van der Waals surface area contributed by atoms with Gasteiger partial charge in [0, 0.05) is 11.1 Å². The van der Waals surface area contributed by atoms with Crippen molar-refractivity contribution in [1.29, 1.82) is 0 Å². The van der Waals surface area contributed by atoms with E-state index in [-0.39, 0.29) is 5.78 Å². The summed E-state index contributed by atoms with van der Waals surface area (Å²) in [7, 11) is 0. The van der Waals surface area contributed by atoms with Gasteiger partial charge in [0.15, 0.2) is 5.78 Å². The van der Waals surface area contributed by atoms with E-state index in [9.17, 15) is 4.79 Å². The Kier molecular flexibility index (Phi) is 4.92. The molecule has 0 atom stereocenters. The normalized spacial score (nSPS) is 8.88. The van der Waals surface area contributed by atoms with E-state index in [1.807, 2.05) is 60.7 Å². The quantitative estimate of drug-likeness (QED) is 0.461. The lowest BCUT2D eigenvalue weighted by Gasteiger charge is -1.99. The van der Waals surface area contributed by atoms with E-state index in [4.69, 9.17) is 10.5 Å². The SMILES string of the molecule is O=C(c1ccccc1)c1ccccc1.OO. The van der Waals surface area contributed by atoms with Crippen LogP contribution in [0.5, 0.6) is 0 Å². The molecule has 0 amide bonds. The van der Waals surface area contributed by atoms with Crippen molar-refractivity contribution in [1.82, 2.24) is 0 Å². The topological polar surface area (TPSA) is 57.5 Å². The molecule has 0 aliphatic heterocycles. The fraction of sp³-hybridized carbons (Fsp3) is 0. The number of carbonyl (C=O) groups is 1. The minimum absolute atomic E-state index is 0.0752. The summed E-state index contributed by atoms with van der Waals surface area (Å²) in [6.45, 7) is 0. The molecule has 0 fully saturated rings. The van der Waals surface area contributed by atoms with Crippen LogP contribution in [0.4, 0.5) is 0 Å². The maximum absolute atomic E-state index is 11.8. The van der Waals surface area contributed by atoms with Crippen LogP contribution < -0.4 is 0 Å². The third-order valence-corrected chi connectivity index (χ3v) is 2.07. The first kappa shape index (κ1) is 12.1. The first-order chi connectivity index (χ1) is 7.88. The third-order valence-electron chi connectivity index (χ3n) is 2.07. The molecule has 2 aromatic rings. The van der Waals surface area contributed by atoms with Gasteiger partial charge in [0.2, 0.25) is 0 Å². The van der Waals surface area contributed by atoms with Gasteiger partial charge in [0.25, 0.3) is 0 Å². The average Bonchev–Trinajstić information content (AvgIpc) is 2.42. The zero-order chi connectivity index (χ0) is 11.8. The summed E-state index contributed by atoms with van der Waals surface area (Å²) in [5.41, 5.74) is 1.47. The van der Waals surface area contributed by atoms with E-state index in [1.165, 1.54) is 0 Å². The summed E-state index contributed by atoms with van der Waals surface area (Å²) >= 11 is 0. The average molecular weight is 216 g/mol. The predicted octanol–water partition coefficient (Wildman–Crippen LogP) is 2.93. The molecule has 0 aliphatic rings. The van der Waals surface area contributed by atoms with Crippen LogP contribution in [-0.4, -0.2) is 16.3 Å². The summed E-state index contributed by atoms with van der Waals surface area (Å²) in [5.74, 6) is 0.0752. The van der Waals surface area contributed by atoms with Gasteiger partial charge in [0.1, 0.15) is 0 Å². The van der Waals surface area contributed by atoms with Crippen LogP contribution in [0.25, 0.3) is 0 Å². The summed E-state index contributed by atoms with van der Waals surface area (Å²) in [5, 5.41) is 12.0. The minimum Gasteiger partial charge on any atom is -0.289 e. The molecule has 0 saturated heterocycles. The second-order valence-corrected chi connectivity index (χ2v) is 3.06. The molecular formula is C13H12O3. The molecule has 3 heteroatoms. The molecule has 2 aromatic carbocycles. The molecule has 82 valence electrons. The van der Waals surface area contributed by atoms with Crippen molar-refractivity contribution in [3.63, 3.8) is 0 Å². The Morgan fingerprint density at radius 2 is 1.00 bits per heavy atom. The van der Waals surface area contributed by atoms with Crippen LogP contribution in [0.3, 0.4) is 0 Å². The van der Waals surface area contributed by atoms with Gasteiger partial charge in [-0.1, -0.05) is 60.7 Å². The highest BCUT2D eigenvalue weighted by Crippen LogP contribution is 2.08. The maximum Gasteiger partial charge on any atom is 0.193 e. The maximum atomic E-state index is 11.8. The zero-order valence-corrected chi connectivity index (χ0v) is 8.58. The lowest BCUT2D eigenvalue weighted by molar-refractivity contribution is -0.176. The summed E-state index contributed by atoms with van der Waals surface area (Å²) < 4.78 is 0. The molecule has 3 nitrogen and oxygen atoms in total. The molecule has 0 bridgehead atoms. The predicted molar refractivity (Wildman–Crippen MR) is 61.6 cm³/mol. The fourth-order valence-electron chi connectivity index (χ4n) is 1.35. The number of rotatable bonds is 2. The zero-order valence-electron chi connectivity index (χ0n) is 8.58. The third kappa shape index (κ3) is 3.02. The number of carbonyl (C=O) groups excluding carboxylic acids is 1. The van der Waals surface area contributed by atoms with Crippen LogP contribution in [0.1, 0.15) is 15.9 Å². The van der Waals surface area contributed by atoms with E-state index in [0.717, 1.165) is 11.1 Å². The lowest BCUT2D eigenvalue weighted by atomic mass is 10.0. The van der Waals surface area contributed by atoms with E-state index in [1.54, 1.807) is 0 Å². The molecule has 16 heavy (non-hydrogen) atoms. The van der Waals surface area contributed by atoms with E-state index < -0.39 is 0 Å². The van der Waals surface area contributed by atoms with Gasteiger partial charge in [-0.15, -0.1) is 0 Å². The highest BCUT2D eigenvalue weighted by Gasteiger charge is 2.06. The van der Waals surface area contributed by atoms with Gasteiger partial charge in [-0.25, -0.2) is 0 Å². The highest BCUT2D eigenvalue weighted by molar-refractivity contribution is 6.08. The Hall–Kier alpha value is -1.97. The molecule has 2 N–H and O–H groups in total. The smallest absolute Gasteiger partial charge is 0.193 e. The van der Waals surface area contributed by atoms with Crippen molar-refractivity contribution in [2.75, 3.05) is 0 Å². The van der Waals surface area contributed by atoms with Gasteiger partial charge < -0.3 is 0 Å². The van der Waals surface area contributed by atoms with Crippen molar-refractivity contribution >= 4 is 5.78 Å². The summed E-state index contributed by atoms with van der Waals surface area (Å²) in [4.78, 5) is 11.8. The van der Waals surface area contributed by atoms with Crippen LogP contribution >= 0.6 is 0 Å². The molecule has 0 radical (unpaired) electrons. The van der Waals surface area contributed by atoms with Crippen molar-refractivity contribution < 1.29 is 15.3 Å². The Morgan fingerprint density at radius 1 is 0.688 bits per heavy atom. The van der Waals surface area contributed by atoms with Crippen molar-refractivity contribution in [3.8, 4) is 0 Å². The fourth-order valence-corrected chi connectivity index (χ4v) is 1.35. The van der Waals surface area contributed by atoms with Gasteiger partial charge in [-0.05, 0) is 0 Å². The van der Waals surface area contributed by atoms with Crippen LogP contribution in [-0.2, 0) is 0 Å². The molecule has 2 rings (SSSR count). The standard InChI is InChI=1S/C13H10O.H2O2/c14-13(11-7-3-1-4-8-11)12-9-5-2-6-10-12;1-2/h1-10H;1-2H. The van der Waals surface area contributed by atoms with Crippen LogP contribution in [0, 0.1) is 0 Å². The Bertz CT molecular complexity index is 382. The Labute approximate surface area is 93.5 Å². The number of ketones is 1. The van der Waals surface area contributed by atoms with E-state index in [0.29, 0.717) is 0 Å². The molecular weight excluding hydrogens is 204 g/mol. The minimum atomic E-state index is 0.0752. The number of hydrogen-bond donors (Lipinski definition) is 2. The molecule has 0 spiro atoms. The van der Waals surface area contributed by atoms with Gasteiger partial charge in [-0.3, -0.25) is 15.3 Å². The van der Waals surface area contributed by atoms with Crippen LogP contribution in [0.2, 0.25) is 0 Å². The Balaban J connectivity index is 0.000000606. The largest absolute Gasteiger partial charge is 0.289 e. The summed E-state index contributed by atoms with van der Waals surface area (Å²) in [6, 6.07) is 18.6. The molecule has 0 unspecified atom stereocenters. The first-order valence-corrected chi connectivity index (χ1v) is 4.73. The summed E-state index contributed by atoms with van der Waals surface area (Å²) in [6.07, 6.45) is 0. The van der Waals surface area contributed by atoms with E-state index in [2.05, 4.69) is 0 Å². The highest BCUT2D eigenvalue weighted by atomic mass is 17.0. The van der Waals surface area contributed by atoms with Gasteiger partial charge in [-0.2, -0.15) is 0 Å². The lowest BCUT2D eigenvalue weighted by Crippen LogP contribution is -1.99. The molecule has 0 heterocycles. The second kappa shape index (κ2) is 6.50. The molecule has 0 aliphatic carbocycles.